The highest BCUT2D eigenvalue weighted by Gasteiger charge is 2.34. The van der Waals surface area contributed by atoms with E-state index < -0.39 is 0 Å². The Morgan fingerprint density at radius 3 is 2.83 bits per heavy atom. The Balaban J connectivity index is 1.56. The standard InChI is InChI=1S/C17H13FN4O2/c18-13-2-1-3-14(9-13)22-10-12(8-15(22)23)16-20-17(24-21-16)11-4-6-19-7-5-11/h1-7,9,12H,8,10H2/t12-/m1/s1. The highest BCUT2D eigenvalue weighted by Crippen LogP contribution is 2.31. The van der Waals surface area contributed by atoms with Crippen molar-refractivity contribution in [1.29, 1.82) is 0 Å². The van der Waals surface area contributed by atoms with Crippen molar-refractivity contribution in [3.63, 3.8) is 0 Å². The third kappa shape index (κ3) is 2.64. The highest BCUT2D eigenvalue weighted by molar-refractivity contribution is 5.96. The molecule has 0 N–H and O–H groups in total. The first-order valence-electron chi connectivity index (χ1n) is 7.50. The normalized spacial score (nSPS) is 17.5. The summed E-state index contributed by atoms with van der Waals surface area (Å²) >= 11 is 0. The van der Waals surface area contributed by atoms with Gasteiger partial charge < -0.3 is 9.42 Å². The largest absolute Gasteiger partial charge is 0.334 e. The summed E-state index contributed by atoms with van der Waals surface area (Å²) in [7, 11) is 0. The number of amides is 1. The minimum absolute atomic E-state index is 0.0825. The van der Waals surface area contributed by atoms with Crippen LogP contribution >= 0.6 is 0 Å². The Labute approximate surface area is 136 Å². The maximum absolute atomic E-state index is 13.4. The maximum Gasteiger partial charge on any atom is 0.258 e. The molecular formula is C17H13FN4O2. The van der Waals surface area contributed by atoms with Crippen LogP contribution in [-0.4, -0.2) is 27.6 Å². The lowest BCUT2D eigenvalue weighted by Gasteiger charge is -2.15. The first-order chi connectivity index (χ1) is 11.7. The second kappa shape index (κ2) is 5.84. The fourth-order valence-corrected chi connectivity index (χ4v) is 2.79. The first kappa shape index (κ1) is 14.5. The monoisotopic (exact) mass is 324 g/mol. The molecule has 1 aromatic carbocycles. The predicted molar refractivity (Wildman–Crippen MR) is 83.6 cm³/mol. The zero-order valence-corrected chi connectivity index (χ0v) is 12.6. The Morgan fingerprint density at radius 1 is 1.21 bits per heavy atom. The Kier molecular flexibility index (Phi) is 3.53. The van der Waals surface area contributed by atoms with Crippen molar-refractivity contribution in [2.75, 3.05) is 11.4 Å². The number of anilines is 1. The van der Waals surface area contributed by atoms with Crippen LogP contribution in [0.3, 0.4) is 0 Å². The molecule has 0 aliphatic carbocycles. The van der Waals surface area contributed by atoms with E-state index in [-0.39, 0.29) is 24.1 Å². The number of aromatic nitrogens is 3. The smallest absolute Gasteiger partial charge is 0.258 e. The topological polar surface area (TPSA) is 72.1 Å². The zero-order chi connectivity index (χ0) is 16.5. The molecule has 1 atom stereocenters. The minimum atomic E-state index is -0.372. The summed E-state index contributed by atoms with van der Waals surface area (Å²) in [5.41, 5.74) is 1.32. The van der Waals surface area contributed by atoms with Gasteiger partial charge in [0.1, 0.15) is 5.82 Å². The van der Waals surface area contributed by atoms with Crippen LogP contribution in [0.1, 0.15) is 18.2 Å². The van der Waals surface area contributed by atoms with E-state index in [1.807, 2.05) is 0 Å². The number of benzene rings is 1. The Morgan fingerprint density at radius 2 is 2.04 bits per heavy atom. The number of hydrogen-bond acceptors (Lipinski definition) is 5. The lowest BCUT2D eigenvalue weighted by atomic mass is 10.1. The lowest BCUT2D eigenvalue weighted by Crippen LogP contribution is -2.24. The van der Waals surface area contributed by atoms with Gasteiger partial charge in [-0.05, 0) is 30.3 Å². The number of carbonyl (C=O) groups is 1. The second-order valence-corrected chi connectivity index (χ2v) is 5.58. The molecule has 1 fully saturated rings. The molecule has 1 aliphatic heterocycles. The SMILES string of the molecule is O=C1C[C@@H](c2noc(-c3ccncc3)n2)CN1c1cccc(F)c1. The summed E-state index contributed by atoms with van der Waals surface area (Å²) in [6, 6.07) is 9.54. The third-order valence-corrected chi connectivity index (χ3v) is 3.98. The summed E-state index contributed by atoms with van der Waals surface area (Å²) < 4.78 is 18.7. The predicted octanol–water partition coefficient (Wildman–Crippen LogP) is 2.79. The van der Waals surface area contributed by atoms with Gasteiger partial charge in [-0.3, -0.25) is 9.78 Å². The van der Waals surface area contributed by atoms with Crippen LogP contribution in [0.15, 0.2) is 53.3 Å². The van der Waals surface area contributed by atoms with Gasteiger partial charge in [0.15, 0.2) is 5.82 Å². The highest BCUT2D eigenvalue weighted by atomic mass is 19.1. The average molecular weight is 324 g/mol. The van der Waals surface area contributed by atoms with Gasteiger partial charge in [-0.15, -0.1) is 0 Å². The van der Waals surface area contributed by atoms with Crippen LogP contribution in [0.4, 0.5) is 10.1 Å². The van der Waals surface area contributed by atoms with E-state index in [1.165, 1.54) is 12.1 Å². The van der Waals surface area contributed by atoms with Crippen molar-refractivity contribution in [1.82, 2.24) is 15.1 Å². The van der Waals surface area contributed by atoms with Crippen molar-refractivity contribution in [3.05, 3.63) is 60.4 Å². The molecule has 24 heavy (non-hydrogen) atoms. The van der Waals surface area contributed by atoms with Gasteiger partial charge in [-0.2, -0.15) is 4.98 Å². The number of pyridine rings is 1. The van der Waals surface area contributed by atoms with E-state index in [1.54, 1.807) is 41.6 Å². The van der Waals surface area contributed by atoms with Gasteiger partial charge >= 0.3 is 0 Å². The number of nitrogens with zero attached hydrogens (tertiary/aromatic N) is 4. The van der Waals surface area contributed by atoms with E-state index in [0.717, 1.165) is 5.56 Å². The molecule has 7 heteroatoms. The summed E-state index contributed by atoms with van der Waals surface area (Å²) in [6.07, 6.45) is 3.56. The van der Waals surface area contributed by atoms with Gasteiger partial charge in [-0.25, -0.2) is 4.39 Å². The molecule has 120 valence electrons. The zero-order valence-electron chi connectivity index (χ0n) is 12.6. The molecule has 1 aliphatic rings. The summed E-state index contributed by atoms with van der Waals surface area (Å²) in [5, 5.41) is 4.00. The Hall–Kier alpha value is -3.09. The first-order valence-corrected chi connectivity index (χ1v) is 7.50. The van der Waals surface area contributed by atoms with E-state index in [2.05, 4.69) is 15.1 Å². The minimum Gasteiger partial charge on any atom is -0.334 e. The van der Waals surface area contributed by atoms with Crippen LogP contribution in [0, 0.1) is 5.82 Å². The fraction of sp³-hybridized carbons (Fsp3) is 0.176. The maximum atomic E-state index is 13.4. The lowest BCUT2D eigenvalue weighted by molar-refractivity contribution is -0.117. The van der Waals surface area contributed by atoms with Crippen molar-refractivity contribution >= 4 is 11.6 Å². The summed E-state index contributed by atoms with van der Waals surface area (Å²) in [5.74, 6) is 0.238. The van der Waals surface area contributed by atoms with E-state index in [4.69, 9.17) is 4.52 Å². The average Bonchev–Trinajstić information content (AvgIpc) is 3.22. The fourth-order valence-electron chi connectivity index (χ4n) is 2.79. The quantitative estimate of drug-likeness (QED) is 0.741. The molecule has 2 aromatic heterocycles. The Bertz CT molecular complexity index is 881. The van der Waals surface area contributed by atoms with E-state index >= 15 is 0 Å². The molecule has 0 bridgehead atoms. The number of hydrogen-bond donors (Lipinski definition) is 0. The third-order valence-electron chi connectivity index (χ3n) is 3.98. The van der Waals surface area contributed by atoms with Crippen molar-refractivity contribution < 1.29 is 13.7 Å². The molecule has 1 saturated heterocycles. The van der Waals surface area contributed by atoms with Crippen LogP contribution in [0.25, 0.3) is 11.5 Å². The van der Waals surface area contributed by atoms with Crippen molar-refractivity contribution in [2.24, 2.45) is 0 Å². The molecule has 1 amide bonds. The molecule has 0 saturated carbocycles. The summed E-state index contributed by atoms with van der Waals surface area (Å²) in [6.45, 7) is 0.400. The molecule has 0 radical (unpaired) electrons. The van der Waals surface area contributed by atoms with Crippen LogP contribution < -0.4 is 4.90 Å². The van der Waals surface area contributed by atoms with Gasteiger partial charge in [0.05, 0.1) is 0 Å². The molecule has 3 heterocycles. The van der Waals surface area contributed by atoms with Crippen molar-refractivity contribution in [2.45, 2.75) is 12.3 Å². The number of rotatable bonds is 3. The van der Waals surface area contributed by atoms with Crippen LogP contribution in [0.5, 0.6) is 0 Å². The molecule has 4 rings (SSSR count). The van der Waals surface area contributed by atoms with E-state index in [0.29, 0.717) is 23.9 Å². The van der Waals surface area contributed by atoms with Gasteiger partial charge in [0.2, 0.25) is 5.91 Å². The second-order valence-electron chi connectivity index (χ2n) is 5.58. The molecule has 6 nitrogen and oxygen atoms in total. The molecule has 0 spiro atoms. The van der Waals surface area contributed by atoms with Gasteiger partial charge in [0.25, 0.3) is 5.89 Å². The molecule has 3 aromatic rings. The van der Waals surface area contributed by atoms with Crippen LogP contribution in [0.2, 0.25) is 0 Å². The van der Waals surface area contributed by atoms with Crippen LogP contribution in [-0.2, 0) is 4.79 Å². The van der Waals surface area contributed by atoms with Gasteiger partial charge in [-0.1, -0.05) is 11.2 Å². The summed E-state index contributed by atoms with van der Waals surface area (Å²) in [4.78, 5) is 22.1. The number of halogens is 1. The van der Waals surface area contributed by atoms with Gasteiger partial charge in [0, 0.05) is 42.5 Å². The molecule has 0 unspecified atom stereocenters. The van der Waals surface area contributed by atoms with Crippen molar-refractivity contribution in [3.8, 4) is 11.5 Å². The van der Waals surface area contributed by atoms with E-state index in [9.17, 15) is 9.18 Å². The molecular weight excluding hydrogens is 311 g/mol. The number of carbonyl (C=O) groups excluding carboxylic acids is 1.